The van der Waals surface area contributed by atoms with Crippen LogP contribution < -0.4 is 5.56 Å². The van der Waals surface area contributed by atoms with Crippen molar-refractivity contribution < 1.29 is 9.31 Å². The summed E-state index contributed by atoms with van der Waals surface area (Å²) in [6, 6.07) is 1.85. The second kappa shape index (κ2) is 3.12. The summed E-state index contributed by atoms with van der Waals surface area (Å²) in [5.41, 5.74) is -0.855. The molecule has 1 N–H and O–H groups in total. The van der Waals surface area contributed by atoms with Gasteiger partial charge < -0.3 is 4.98 Å². The first-order chi connectivity index (χ1) is 7.08. The molecule has 0 radical (unpaired) electrons. The number of aromatic amines is 1. The lowest BCUT2D eigenvalue weighted by Crippen LogP contribution is -2.05. The summed E-state index contributed by atoms with van der Waals surface area (Å²) in [5, 5.41) is 10.4. The molecule has 0 fully saturated rings. The number of nitrogens with one attached hydrogen (secondary N) is 1. The monoisotopic (exact) mass is 209 g/mol. The number of benzene rings is 1. The molecule has 0 aliphatic rings. The minimum atomic E-state index is -1.00. The van der Waals surface area contributed by atoms with Gasteiger partial charge >= 0.3 is 5.69 Å². The van der Waals surface area contributed by atoms with Crippen LogP contribution in [0.1, 0.15) is 0 Å². The van der Waals surface area contributed by atoms with Crippen LogP contribution in [0, 0.1) is 15.9 Å². The van der Waals surface area contributed by atoms with E-state index in [-0.39, 0.29) is 11.0 Å². The molecule has 1 aromatic heterocycles. The number of nitrogens with zero attached hydrogens (tertiary/aromatic N) is 2. The Morgan fingerprint density at radius 1 is 1.47 bits per heavy atom. The molecule has 0 amide bonds. The van der Waals surface area contributed by atoms with Gasteiger partial charge in [-0.15, -0.1) is 0 Å². The van der Waals surface area contributed by atoms with Crippen LogP contribution in [0.25, 0.3) is 11.0 Å². The topological polar surface area (TPSA) is 88.9 Å². The van der Waals surface area contributed by atoms with Gasteiger partial charge in [0.1, 0.15) is 0 Å². The fourth-order valence-electron chi connectivity index (χ4n) is 1.19. The zero-order valence-electron chi connectivity index (χ0n) is 7.23. The minimum Gasteiger partial charge on any atom is -0.319 e. The zero-order chi connectivity index (χ0) is 11.0. The van der Waals surface area contributed by atoms with E-state index in [1.807, 2.05) is 0 Å². The van der Waals surface area contributed by atoms with E-state index in [4.69, 9.17) is 0 Å². The number of nitro benzene ring substituents is 1. The van der Waals surface area contributed by atoms with Crippen molar-refractivity contribution in [2.45, 2.75) is 0 Å². The Kier molecular flexibility index (Phi) is 1.93. The molecular weight excluding hydrogens is 205 g/mol. The van der Waals surface area contributed by atoms with Crippen molar-refractivity contribution in [3.8, 4) is 0 Å². The van der Waals surface area contributed by atoms with Gasteiger partial charge in [-0.25, -0.2) is 4.98 Å². The van der Waals surface area contributed by atoms with Crippen molar-refractivity contribution in [2.24, 2.45) is 0 Å². The van der Waals surface area contributed by atoms with Crippen molar-refractivity contribution in [3.63, 3.8) is 0 Å². The number of aromatic nitrogens is 2. The van der Waals surface area contributed by atoms with Crippen molar-refractivity contribution >= 4 is 16.7 Å². The van der Waals surface area contributed by atoms with Crippen molar-refractivity contribution in [3.05, 3.63) is 44.6 Å². The van der Waals surface area contributed by atoms with E-state index in [1.54, 1.807) is 0 Å². The molecule has 0 saturated carbocycles. The molecule has 1 heterocycles. The largest absolute Gasteiger partial charge is 0.319 e. The molecule has 0 atom stereocenters. The Hall–Kier alpha value is -2.31. The van der Waals surface area contributed by atoms with Crippen LogP contribution in [-0.2, 0) is 0 Å². The molecule has 15 heavy (non-hydrogen) atoms. The highest BCUT2D eigenvalue weighted by Gasteiger charge is 2.15. The first-order valence-electron chi connectivity index (χ1n) is 3.91. The van der Waals surface area contributed by atoms with Crippen LogP contribution in [0.4, 0.5) is 10.1 Å². The molecule has 2 aromatic rings. The van der Waals surface area contributed by atoms with Crippen molar-refractivity contribution in [1.29, 1.82) is 0 Å². The normalized spacial score (nSPS) is 10.5. The van der Waals surface area contributed by atoms with E-state index in [0.29, 0.717) is 0 Å². The lowest BCUT2D eigenvalue weighted by Gasteiger charge is -1.97. The summed E-state index contributed by atoms with van der Waals surface area (Å²) in [4.78, 5) is 26.4. The molecule has 0 bridgehead atoms. The highest BCUT2D eigenvalue weighted by Crippen LogP contribution is 2.20. The van der Waals surface area contributed by atoms with Crippen LogP contribution in [-0.4, -0.2) is 14.9 Å². The lowest BCUT2D eigenvalue weighted by atomic mass is 10.2. The highest BCUT2D eigenvalue weighted by atomic mass is 19.1. The summed E-state index contributed by atoms with van der Waals surface area (Å²) < 4.78 is 13.1. The molecule has 6 nitrogen and oxygen atoms in total. The number of rotatable bonds is 1. The van der Waals surface area contributed by atoms with Crippen molar-refractivity contribution in [2.75, 3.05) is 0 Å². The first kappa shape index (κ1) is 9.25. The van der Waals surface area contributed by atoms with Crippen LogP contribution >= 0.6 is 0 Å². The highest BCUT2D eigenvalue weighted by molar-refractivity contribution is 5.76. The number of halogens is 1. The third kappa shape index (κ3) is 1.54. The summed E-state index contributed by atoms with van der Waals surface area (Å²) >= 11 is 0. The second-order valence-corrected chi connectivity index (χ2v) is 2.83. The molecule has 7 heteroatoms. The Bertz CT molecular complexity index is 608. The molecular formula is C8H4FN3O3. The number of fused-ring (bicyclic) bond motifs is 1. The standard InChI is InChI=1S/C8H4FN3O3/c9-4-1-6-5(2-7(4)12(14)15)10-3-8(13)11-6/h1-3H,(H,11,13). The molecule has 1 aromatic carbocycles. The van der Waals surface area contributed by atoms with Crippen LogP contribution in [0.3, 0.4) is 0 Å². The average molecular weight is 209 g/mol. The van der Waals surface area contributed by atoms with Gasteiger partial charge in [-0.05, 0) is 0 Å². The molecule has 0 aliphatic heterocycles. The number of hydrogen-bond acceptors (Lipinski definition) is 4. The van der Waals surface area contributed by atoms with E-state index >= 15 is 0 Å². The molecule has 76 valence electrons. The maximum Gasteiger partial charge on any atom is 0.307 e. The predicted octanol–water partition coefficient (Wildman–Crippen LogP) is 0.970. The average Bonchev–Trinajstić information content (AvgIpc) is 2.15. The van der Waals surface area contributed by atoms with E-state index in [2.05, 4.69) is 9.97 Å². The molecule has 0 spiro atoms. The molecule has 0 unspecified atom stereocenters. The van der Waals surface area contributed by atoms with Crippen LogP contribution in [0.5, 0.6) is 0 Å². The van der Waals surface area contributed by atoms with E-state index in [0.717, 1.165) is 18.3 Å². The van der Waals surface area contributed by atoms with Gasteiger partial charge in [0.15, 0.2) is 0 Å². The SMILES string of the molecule is O=c1cnc2cc([N+](=O)[O-])c(F)cc2[nH]1. The van der Waals surface area contributed by atoms with Crippen LogP contribution in [0.15, 0.2) is 23.1 Å². The zero-order valence-corrected chi connectivity index (χ0v) is 7.23. The summed E-state index contributed by atoms with van der Waals surface area (Å²) in [7, 11) is 0. The number of nitro groups is 1. The fraction of sp³-hybridized carbons (Fsp3) is 0. The van der Waals surface area contributed by atoms with Gasteiger partial charge in [-0.1, -0.05) is 0 Å². The van der Waals surface area contributed by atoms with Gasteiger partial charge in [0.05, 0.1) is 22.2 Å². The maximum absolute atomic E-state index is 13.1. The van der Waals surface area contributed by atoms with E-state index in [1.165, 1.54) is 0 Å². The second-order valence-electron chi connectivity index (χ2n) is 2.83. The quantitative estimate of drug-likeness (QED) is 0.559. The Morgan fingerprint density at radius 3 is 2.87 bits per heavy atom. The minimum absolute atomic E-state index is 0.130. The summed E-state index contributed by atoms with van der Waals surface area (Å²) in [6.07, 6.45) is 0.976. The smallest absolute Gasteiger partial charge is 0.307 e. The maximum atomic E-state index is 13.1. The number of hydrogen-bond donors (Lipinski definition) is 1. The third-order valence-corrected chi connectivity index (χ3v) is 1.84. The lowest BCUT2D eigenvalue weighted by molar-refractivity contribution is -0.387. The summed E-state index contributed by atoms with van der Waals surface area (Å²) in [6.45, 7) is 0. The Labute approximate surface area is 81.5 Å². The number of H-pyrrole nitrogens is 1. The van der Waals surface area contributed by atoms with Gasteiger partial charge in [-0.2, -0.15) is 4.39 Å². The summed E-state index contributed by atoms with van der Waals surface area (Å²) in [5.74, 6) is -1.00. The van der Waals surface area contributed by atoms with E-state index in [9.17, 15) is 19.3 Å². The van der Waals surface area contributed by atoms with Gasteiger partial charge in [0.2, 0.25) is 5.82 Å². The first-order valence-corrected chi connectivity index (χ1v) is 3.91. The molecule has 0 saturated heterocycles. The van der Waals surface area contributed by atoms with E-state index < -0.39 is 22.0 Å². The Morgan fingerprint density at radius 2 is 2.20 bits per heavy atom. The van der Waals surface area contributed by atoms with Gasteiger partial charge in [-0.3, -0.25) is 14.9 Å². The van der Waals surface area contributed by atoms with Crippen molar-refractivity contribution in [1.82, 2.24) is 9.97 Å². The van der Waals surface area contributed by atoms with Gasteiger partial charge in [0, 0.05) is 12.1 Å². The Balaban J connectivity index is 2.82. The fourth-order valence-corrected chi connectivity index (χ4v) is 1.19. The van der Waals surface area contributed by atoms with Crippen LogP contribution in [0.2, 0.25) is 0 Å². The molecule has 2 rings (SSSR count). The van der Waals surface area contributed by atoms with Gasteiger partial charge in [0.25, 0.3) is 5.56 Å². The third-order valence-electron chi connectivity index (χ3n) is 1.84. The predicted molar refractivity (Wildman–Crippen MR) is 49.0 cm³/mol. The molecule has 0 aliphatic carbocycles.